The third kappa shape index (κ3) is 3.08. The van der Waals surface area contributed by atoms with Crippen molar-refractivity contribution >= 4 is 17.4 Å². The van der Waals surface area contributed by atoms with Crippen LogP contribution in [0.5, 0.6) is 5.75 Å². The second-order valence-electron chi connectivity index (χ2n) is 7.61. The zero-order chi connectivity index (χ0) is 20.8. The van der Waals surface area contributed by atoms with Crippen molar-refractivity contribution in [3.8, 4) is 11.6 Å². The van der Waals surface area contributed by atoms with E-state index >= 15 is 0 Å². The molecule has 0 spiro atoms. The SMILES string of the molecule is Cc1nnc2ccc(-n3ncc4c3NC(=O)CC4c3ccc(OC(C)C)cc3)nn12. The highest BCUT2D eigenvalue weighted by Crippen LogP contribution is 2.38. The van der Waals surface area contributed by atoms with Crippen LogP contribution in [0.25, 0.3) is 11.5 Å². The van der Waals surface area contributed by atoms with Crippen LogP contribution in [0.3, 0.4) is 0 Å². The Hall–Kier alpha value is -3.75. The molecule has 5 rings (SSSR count). The average Bonchev–Trinajstić information content (AvgIpc) is 3.31. The smallest absolute Gasteiger partial charge is 0.226 e. The number of fused-ring (bicyclic) bond motifs is 2. The normalized spacial score (nSPS) is 16.0. The molecule has 4 heterocycles. The van der Waals surface area contributed by atoms with Gasteiger partial charge in [0.2, 0.25) is 5.91 Å². The van der Waals surface area contributed by atoms with Crippen LogP contribution in [0, 0.1) is 6.92 Å². The topological polar surface area (TPSA) is 99.2 Å². The van der Waals surface area contributed by atoms with Crippen molar-refractivity contribution in [3.63, 3.8) is 0 Å². The fraction of sp³-hybridized carbons (Fsp3) is 0.286. The second-order valence-corrected chi connectivity index (χ2v) is 7.61. The standard InChI is InChI=1S/C21H21N7O2/c1-12(2)30-15-6-4-14(5-7-15)16-10-20(29)23-21-17(16)11-22-28(21)19-9-8-18-25-24-13(3)27(18)26-19/h4-9,11-12,16H,10H2,1-3H3,(H,23,29). The molecular formula is C21H21N7O2. The van der Waals surface area contributed by atoms with E-state index in [1.165, 1.54) is 0 Å². The molecule has 1 N–H and O–H groups in total. The molecule has 1 amide bonds. The Morgan fingerprint density at radius 1 is 1.13 bits per heavy atom. The number of benzene rings is 1. The Labute approximate surface area is 172 Å². The molecular weight excluding hydrogens is 382 g/mol. The van der Waals surface area contributed by atoms with Gasteiger partial charge in [-0.1, -0.05) is 12.1 Å². The summed E-state index contributed by atoms with van der Waals surface area (Å²) in [4.78, 5) is 12.5. The maximum Gasteiger partial charge on any atom is 0.226 e. The van der Waals surface area contributed by atoms with Gasteiger partial charge in [0.15, 0.2) is 17.3 Å². The number of aromatic nitrogens is 6. The van der Waals surface area contributed by atoms with E-state index in [9.17, 15) is 4.79 Å². The second kappa shape index (κ2) is 6.94. The molecule has 1 aromatic carbocycles. The first-order valence-corrected chi connectivity index (χ1v) is 9.83. The molecule has 30 heavy (non-hydrogen) atoms. The van der Waals surface area contributed by atoms with Crippen molar-refractivity contribution in [1.82, 2.24) is 29.6 Å². The first-order valence-electron chi connectivity index (χ1n) is 9.83. The lowest BCUT2D eigenvalue weighted by molar-refractivity contribution is -0.116. The van der Waals surface area contributed by atoms with Crippen LogP contribution >= 0.6 is 0 Å². The number of carbonyl (C=O) groups excluding carboxylic acids is 1. The molecule has 4 aromatic rings. The first kappa shape index (κ1) is 18.3. The van der Waals surface area contributed by atoms with Crippen LogP contribution in [-0.2, 0) is 4.79 Å². The Bertz CT molecular complexity index is 1240. The van der Waals surface area contributed by atoms with Gasteiger partial charge in [-0.25, -0.2) is 0 Å². The lowest BCUT2D eigenvalue weighted by atomic mass is 9.87. The fourth-order valence-corrected chi connectivity index (χ4v) is 3.74. The van der Waals surface area contributed by atoms with Crippen LogP contribution in [0.2, 0.25) is 0 Å². The summed E-state index contributed by atoms with van der Waals surface area (Å²) in [6.45, 7) is 5.82. The summed E-state index contributed by atoms with van der Waals surface area (Å²) in [7, 11) is 0. The van der Waals surface area contributed by atoms with Gasteiger partial charge in [-0.15, -0.1) is 15.3 Å². The number of anilines is 1. The predicted octanol–water partition coefficient (Wildman–Crippen LogP) is 2.88. The van der Waals surface area contributed by atoms with Crippen LogP contribution in [0.15, 0.2) is 42.6 Å². The maximum absolute atomic E-state index is 12.5. The van der Waals surface area contributed by atoms with E-state index in [1.807, 2.05) is 57.2 Å². The van der Waals surface area contributed by atoms with Crippen molar-refractivity contribution in [2.45, 2.75) is 39.2 Å². The highest BCUT2D eigenvalue weighted by molar-refractivity contribution is 5.94. The Balaban J connectivity index is 1.54. The van der Waals surface area contributed by atoms with Gasteiger partial charge in [0.25, 0.3) is 0 Å². The average molecular weight is 403 g/mol. The number of hydrogen-bond acceptors (Lipinski definition) is 6. The minimum Gasteiger partial charge on any atom is -0.491 e. The molecule has 1 aliphatic heterocycles. The lowest BCUT2D eigenvalue weighted by Crippen LogP contribution is -2.25. The molecule has 0 fully saturated rings. The molecule has 0 radical (unpaired) electrons. The van der Waals surface area contributed by atoms with Gasteiger partial charge in [0, 0.05) is 17.9 Å². The number of amides is 1. The molecule has 9 nitrogen and oxygen atoms in total. The van der Waals surface area contributed by atoms with Gasteiger partial charge in [-0.2, -0.15) is 14.3 Å². The predicted molar refractivity (Wildman–Crippen MR) is 110 cm³/mol. The molecule has 9 heteroatoms. The highest BCUT2D eigenvalue weighted by atomic mass is 16.5. The van der Waals surface area contributed by atoms with E-state index in [2.05, 4.69) is 25.7 Å². The lowest BCUT2D eigenvalue weighted by Gasteiger charge is -2.24. The number of hydrogen-bond donors (Lipinski definition) is 1. The van der Waals surface area contributed by atoms with Crippen molar-refractivity contribution in [2.75, 3.05) is 5.32 Å². The minimum atomic E-state index is -0.0871. The number of rotatable bonds is 4. The van der Waals surface area contributed by atoms with Gasteiger partial charge >= 0.3 is 0 Å². The number of aryl methyl sites for hydroxylation is 1. The van der Waals surface area contributed by atoms with Crippen LogP contribution in [-0.4, -0.2) is 41.6 Å². The van der Waals surface area contributed by atoms with Crippen LogP contribution < -0.4 is 10.1 Å². The van der Waals surface area contributed by atoms with Gasteiger partial charge in [-0.05, 0) is 50.6 Å². The summed E-state index contributed by atoms with van der Waals surface area (Å²) in [5.74, 6) is 2.56. The van der Waals surface area contributed by atoms with Gasteiger partial charge in [-0.3, -0.25) is 4.79 Å². The maximum atomic E-state index is 12.5. The molecule has 1 aliphatic rings. The summed E-state index contributed by atoms with van der Waals surface area (Å²) in [5.41, 5.74) is 2.65. The quantitative estimate of drug-likeness (QED) is 0.562. The fourth-order valence-electron chi connectivity index (χ4n) is 3.74. The van der Waals surface area contributed by atoms with Crippen LogP contribution in [0.1, 0.15) is 43.1 Å². The number of ether oxygens (including phenoxy) is 1. The van der Waals surface area contributed by atoms with Crippen LogP contribution in [0.4, 0.5) is 5.82 Å². The summed E-state index contributed by atoms with van der Waals surface area (Å²) in [6, 6.07) is 11.5. The number of nitrogens with zero attached hydrogens (tertiary/aromatic N) is 6. The largest absolute Gasteiger partial charge is 0.491 e. The van der Waals surface area contributed by atoms with Crippen molar-refractivity contribution < 1.29 is 9.53 Å². The molecule has 0 bridgehead atoms. The Morgan fingerprint density at radius 3 is 2.70 bits per heavy atom. The van der Waals surface area contributed by atoms with E-state index in [1.54, 1.807) is 15.4 Å². The molecule has 1 unspecified atom stereocenters. The molecule has 0 saturated carbocycles. The van der Waals surface area contributed by atoms with Crippen molar-refractivity contribution in [2.24, 2.45) is 0 Å². The van der Waals surface area contributed by atoms with Crippen molar-refractivity contribution in [1.29, 1.82) is 0 Å². The third-order valence-corrected chi connectivity index (χ3v) is 5.10. The molecule has 3 aromatic heterocycles. The summed E-state index contributed by atoms with van der Waals surface area (Å²) in [5, 5.41) is 20.1. The van der Waals surface area contributed by atoms with E-state index in [4.69, 9.17) is 4.74 Å². The molecule has 0 aliphatic carbocycles. The van der Waals surface area contributed by atoms with Gasteiger partial charge < -0.3 is 10.1 Å². The zero-order valence-corrected chi connectivity index (χ0v) is 16.9. The van der Waals surface area contributed by atoms with E-state index in [0.717, 1.165) is 16.9 Å². The number of carbonyl (C=O) groups is 1. The molecule has 1 atom stereocenters. The number of nitrogens with one attached hydrogen (secondary N) is 1. The Morgan fingerprint density at radius 2 is 1.93 bits per heavy atom. The van der Waals surface area contributed by atoms with E-state index in [-0.39, 0.29) is 17.9 Å². The van der Waals surface area contributed by atoms with E-state index < -0.39 is 0 Å². The van der Waals surface area contributed by atoms with Gasteiger partial charge in [0.1, 0.15) is 11.6 Å². The van der Waals surface area contributed by atoms with Crippen molar-refractivity contribution in [3.05, 3.63) is 59.5 Å². The summed E-state index contributed by atoms with van der Waals surface area (Å²) < 4.78 is 9.03. The highest BCUT2D eigenvalue weighted by Gasteiger charge is 2.30. The third-order valence-electron chi connectivity index (χ3n) is 5.10. The zero-order valence-electron chi connectivity index (χ0n) is 16.9. The summed E-state index contributed by atoms with van der Waals surface area (Å²) in [6.07, 6.45) is 2.27. The molecule has 0 saturated heterocycles. The van der Waals surface area contributed by atoms with Gasteiger partial charge in [0.05, 0.1) is 12.3 Å². The Kier molecular flexibility index (Phi) is 4.23. The first-order chi connectivity index (χ1) is 14.5. The summed E-state index contributed by atoms with van der Waals surface area (Å²) >= 11 is 0. The van der Waals surface area contributed by atoms with E-state index in [0.29, 0.717) is 29.5 Å². The monoisotopic (exact) mass is 403 g/mol. The molecule has 152 valence electrons. The minimum absolute atomic E-state index is 0.0571.